The van der Waals surface area contributed by atoms with Crippen LogP contribution in [-0.2, 0) is 16.6 Å². The molecule has 8 nitrogen and oxygen atoms in total. The summed E-state index contributed by atoms with van der Waals surface area (Å²) in [5, 5.41) is 0.944. The van der Waals surface area contributed by atoms with Crippen molar-refractivity contribution in [3.05, 3.63) is 77.1 Å². The molecular weight excluding hydrogens is 520 g/mol. The van der Waals surface area contributed by atoms with E-state index in [2.05, 4.69) is 9.97 Å². The van der Waals surface area contributed by atoms with Gasteiger partial charge in [-0.25, -0.2) is 13.4 Å². The molecule has 0 N–H and O–H groups in total. The van der Waals surface area contributed by atoms with Crippen molar-refractivity contribution in [1.82, 2.24) is 14.3 Å². The largest absolute Gasteiger partial charge is 0.494 e. The van der Waals surface area contributed by atoms with E-state index in [4.69, 9.17) is 16.3 Å². The number of hydrogen-bond donors (Lipinski definition) is 0. The van der Waals surface area contributed by atoms with Crippen LogP contribution in [0, 0.1) is 0 Å². The number of thiazole rings is 1. The maximum absolute atomic E-state index is 13.7. The van der Waals surface area contributed by atoms with Crippen LogP contribution in [0.4, 0.5) is 5.13 Å². The van der Waals surface area contributed by atoms with Gasteiger partial charge in [0.1, 0.15) is 11.3 Å². The first kappa shape index (κ1) is 26.0. The van der Waals surface area contributed by atoms with Crippen LogP contribution in [0.3, 0.4) is 0 Å². The smallest absolute Gasteiger partial charge is 0.260 e. The summed E-state index contributed by atoms with van der Waals surface area (Å²) in [5.74, 6) is 0.219. The van der Waals surface area contributed by atoms with E-state index in [1.807, 2.05) is 6.07 Å². The summed E-state index contributed by atoms with van der Waals surface area (Å²) in [6, 6.07) is 13.1. The van der Waals surface area contributed by atoms with Gasteiger partial charge in [-0.3, -0.25) is 14.7 Å². The van der Waals surface area contributed by atoms with E-state index in [9.17, 15) is 13.2 Å². The van der Waals surface area contributed by atoms with Crippen molar-refractivity contribution < 1.29 is 17.9 Å². The van der Waals surface area contributed by atoms with E-state index >= 15 is 0 Å². The third kappa shape index (κ3) is 5.08. The summed E-state index contributed by atoms with van der Waals surface area (Å²) in [6.45, 7) is 4.51. The number of pyridine rings is 1. The molecule has 0 spiro atoms. The Morgan fingerprint density at radius 1 is 1.08 bits per heavy atom. The second-order valence-corrected chi connectivity index (χ2v) is 11.1. The lowest BCUT2D eigenvalue weighted by molar-refractivity contribution is 0.0985. The number of methoxy groups -OCH3 is 1. The minimum Gasteiger partial charge on any atom is -0.494 e. The van der Waals surface area contributed by atoms with E-state index in [0.29, 0.717) is 44.8 Å². The predicted molar refractivity (Wildman–Crippen MR) is 142 cm³/mol. The number of anilines is 1. The molecule has 0 aliphatic heterocycles. The minimum absolute atomic E-state index is 0.137. The van der Waals surface area contributed by atoms with Gasteiger partial charge in [0.2, 0.25) is 10.0 Å². The number of rotatable bonds is 9. The Labute approximate surface area is 219 Å². The second-order valence-electron chi connectivity index (χ2n) is 7.79. The molecule has 2 heterocycles. The highest BCUT2D eigenvalue weighted by Gasteiger charge is 2.26. The zero-order valence-electron chi connectivity index (χ0n) is 20.0. The summed E-state index contributed by atoms with van der Waals surface area (Å²) < 4.78 is 33.2. The number of nitrogens with zero attached hydrogens (tertiary/aromatic N) is 4. The van der Waals surface area contributed by atoms with Crippen molar-refractivity contribution in [2.24, 2.45) is 0 Å². The van der Waals surface area contributed by atoms with Crippen molar-refractivity contribution in [3.63, 3.8) is 0 Å². The highest BCUT2D eigenvalue weighted by atomic mass is 35.5. The van der Waals surface area contributed by atoms with Crippen molar-refractivity contribution in [1.29, 1.82) is 0 Å². The van der Waals surface area contributed by atoms with Gasteiger partial charge in [-0.2, -0.15) is 4.31 Å². The quantitative estimate of drug-likeness (QED) is 0.286. The highest BCUT2D eigenvalue weighted by molar-refractivity contribution is 7.89. The van der Waals surface area contributed by atoms with Crippen LogP contribution in [0.1, 0.15) is 29.8 Å². The van der Waals surface area contributed by atoms with Crippen molar-refractivity contribution in [3.8, 4) is 5.75 Å². The van der Waals surface area contributed by atoms with Gasteiger partial charge in [-0.05, 0) is 48.0 Å². The first-order valence-electron chi connectivity index (χ1n) is 11.2. The van der Waals surface area contributed by atoms with Crippen LogP contribution in [0.15, 0.2) is 65.8 Å². The van der Waals surface area contributed by atoms with Gasteiger partial charge in [0.05, 0.1) is 28.3 Å². The fourth-order valence-corrected chi connectivity index (χ4v) is 6.47. The van der Waals surface area contributed by atoms with Gasteiger partial charge in [-0.1, -0.05) is 42.9 Å². The van der Waals surface area contributed by atoms with Crippen LogP contribution in [-0.4, -0.2) is 48.8 Å². The number of aromatic nitrogens is 2. The zero-order chi connectivity index (χ0) is 25.9. The topological polar surface area (TPSA) is 92.7 Å². The van der Waals surface area contributed by atoms with Crippen LogP contribution in [0.25, 0.3) is 10.2 Å². The average Bonchev–Trinajstić information content (AvgIpc) is 3.34. The van der Waals surface area contributed by atoms with Gasteiger partial charge < -0.3 is 4.74 Å². The molecule has 0 unspecified atom stereocenters. The minimum atomic E-state index is -3.63. The van der Waals surface area contributed by atoms with Crippen LogP contribution >= 0.6 is 22.9 Å². The number of carbonyl (C=O) groups excluding carboxylic acids is 1. The molecule has 188 valence electrons. The number of benzene rings is 2. The molecule has 4 aromatic rings. The Balaban J connectivity index is 1.75. The molecule has 0 atom stereocenters. The first-order chi connectivity index (χ1) is 17.3. The third-order valence-corrected chi connectivity index (χ3v) is 9.25. The summed E-state index contributed by atoms with van der Waals surface area (Å²) in [7, 11) is -2.08. The molecule has 11 heteroatoms. The normalized spacial score (nSPS) is 11.7. The lowest BCUT2D eigenvalue weighted by Crippen LogP contribution is -2.31. The standard InChI is InChI=1S/C25H25ClN4O4S2/c1-4-29(5-2)36(32,33)19-10-8-18(9-11-19)24(31)30(16-17-7-6-14-27-15-17)25-28-22-21(34-3)13-12-20(26)23(22)35-25/h6-15H,4-5,16H2,1-3H3. The van der Waals surface area contributed by atoms with Crippen LogP contribution in [0.2, 0.25) is 5.02 Å². The maximum atomic E-state index is 13.7. The third-order valence-electron chi connectivity index (χ3n) is 5.65. The summed E-state index contributed by atoms with van der Waals surface area (Å²) in [5.41, 5.74) is 1.70. The molecule has 2 aromatic heterocycles. The highest BCUT2D eigenvalue weighted by Crippen LogP contribution is 2.39. The Kier molecular flexibility index (Phi) is 7.89. The molecule has 0 bridgehead atoms. The summed E-state index contributed by atoms with van der Waals surface area (Å²) in [6.07, 6.45) is 3.34. The van der Waals surface area contributed by atoms with Gasteiger partial charge in [0.15, 0.2) is 5.13 Å². The Morgan fingerprint density at radius 3 is 2.42 bits per heavy atom. The molecule has 0 saturated carbocycles. The zero-order valence-corrected chi connectivity index (χ0v) is 22.4. The number of halogens is 1. The molecule has 0 fully saturated rings. The number of carbonyl (C=O) groups is 1. The molecule has 2 aromatic carbocycles. The molecule has 1 amide bonds. The maximum Gasteiger partial charge on any atom is 0.260 e. The lowest BCUT2D eigenvalue weighted by atomic mass is 10.2. The Hall–Kier alpha value is -3.05. The van der Waals surface area contributed by atoms with Crippen LogP contribution in [0.5, 0.6) is 5.75 Å². The Morgan fingerprint density at radius 2 is 1.81 bits per heavy atom. The molecule has 0 saturated heterocycles. The van der Waals surface area contributed by atoms with Crippen molar-refractivity contribution in [2.75, 3.05) is 25.1 Å². The number of fused-ring (bicyclic) bond motifs is 1. The van der Waals surface area contributed by atoms with Crippen molar-refractivity contribution in [2.45, 2.75) is 25.3 Å². The Bertz CT molecular complexity index is 1470. The van der Waals surface area contributed by atoms with Gasteiger partial charge in [0, 0.05) is 31.0 Å². The summed E-state index contributed by atoms with van der Waals surface area (Å²) in [4.78, 5) is 24.2. The number of sulfonamides is 1. The molecule has 0 aliphatic carbocycles. The van der Waals surface area contributed by atoms with E-state index < -0.39 is 10.0 Å². The van der Waals surface area contributed by atoms with Gasteiger partial charge >= 0.3 is 0 Å². The fourth-order valence-electron chi connectivity index (χ4n) is 3.76. The molecule has 4 rings (SSSR count). The fraction of sp³-hybridized carbons (Fsp3) is 0.240. The summed E-state index contributed by atoms with van der Waals surface area (Å²) >= 11 is 7.69. The SMILES string of the molecule is CCN(CC)S(=O)(=O)c1ccc(C(=O)N(Cc2cccnc2)c2nc3c(OC)ccc(Cl)c3s2)cc1. The van der Waals surface area contributed by atoms with Gasteiger partial charge in [0.25, 0.3) is 5.91 Å². The molecule has 0 aliphatic rings. The predicted octanol–water partition coefficient (Wildman–Crippen LogP) is 5.23. The molecule has 0 radical (unpaired) electrons. The number of hydrogen-bond acceptors (Lipinski definition) is 7. The molecular formula is C25H25ClN4O4S2. The number of ether oxygens (including phenoxy) is 1. The monoisotopic (exact) mass is 544 g/mol. The van der Waals surface area contributed by atoms with E-state index in [0.717, 1.165) is 5.56 Å². The number of amides is 1. The van der Waals surface area contributed by atoms with Crippen molar-refractivity contribution >= 4 is 54.2 Å². The second kappa shape index (κ2) is 10.9. The first-order valence-corrected chi connectivity index (χ1v) is 13.9. The van der Waals surface area contributed by atoms with Gasteiger partial charge in [-0.15, -0.1) is 0 Å². The average molecular weight is 545 g/mol. The van der Waals surface area contributed by atoms with E-state index in [1.165, 1.54) is 44.8 Å². The van der Waals surface area contributed by atoms with Crippen LogP contribution < -0.4 is 9.64 Å². The molecule has 36 heavy (non-hydrogen) atoms. The lowest BCUT2D eigenvalue weighted by Gasteiger charge is -2.21. The van der Waals surface area contributed by atoms with E-state index in [-0.39, 0.29) is 17.3 Å². The van der Waals surface area contributed by atoms with E-state index in [1.54, 1.807) is 51.6 Å².